The van der Waals surface area contributed by atoms with E-state index in [1.165, 1.54) is 6.42 Å². The molecule has 1 aliphatic heterocycles. The maximum Gasteiger partial charge on any atom is 1.00 e. The second kappa shape index (κ2) is 5.41. The van der Waals surface area contributed by atoms with Crippen LogP contribution in [0.5, 0.6) is 0 Å². The molecule has 1 amide bonds. The average Bonchev–Trinajstić information content (AvgIpc) is 2.32. The van der Waals surface area contributed by atoms with Crippen LogP contribution in [0, 0.1) is 6.07 Å². The van der Waals surface area contributed by atoms with Crippen molar-refractivity contribution in [2.45, 2.75) is 37.6 Å². The maximum atomic E-state index is 12.2. The molecule has 3 rings (SSSR count). The number of hydrogen-bond acceptors (Lipinski definition) is 2. The van der Waals surface area contributed by atoms with E-state index in [-0.39, 0.29) is 62.8 Å². The van der Waals surface area contributed by atoms with Gasteiger partial charge in [-0.15, -0.1) is 6.07 Å². The third-order valence-electron chi connectivity index (χ3n) is 3.63. The van der Waals surface area contributed by atoms with Crippen molar-refractivity contribution in [1.82, 2.24) is 0 Å². The molecule has 4 heteroatoms. The molecule has 0 radical (unpaired) electrons. The van der Waals surface area contributed by atoms with Crippen molar-refractivity contribution >= 4 is 17.3 Å². The Labute approximate surface area is 144 Å². The molecule has 0 atom stereocenters. The number of carbonyl (C=O) groups is 1. The van der Waals surface area contributed by atoms with Gasteiger partial charge >= 0.3 is 51.4 Å². The smallest absolute Gasteiger partial charge is 0.422 e. The summed E-state index contributed by atoms with van der Waals surface area (Å²) >= 11 is 0. The minimum Gasteiger partial charge on any atom is -0.422 e. The van der Waals surface area contributed by atoms with Gasteiger partial charge in [0.25, 0.3) is 0 Å². The molecular weight excluding hydrogens is 239 g/mol. The molecule has 0 unspecified atom stereocenters. The van der Waals surface area contributed by atoms with Crippen molar-refractivity contribution in [1.29, 1.82) is 0 Å². The van der Waals surface area contributed by atoms with Crippen molar-refractivity contribution < 1.29 is 56.2 Å². The summed E-state index contributed by atoms with van der Waals surface area (Å²) in [5.74, 6) is 0.130. The van der Waals surface area contributed by atoms with Gasteiger partial charge < -0.3 is 10.6 Å². The van der Waals surface area contributed by atoms with Crippen LogP contribution in [0.1, 0.15) is 32.1 Å². The quantitative estimate of drug-likeness (QED) is 0.487. The second-order valence-corrected chi connectivity index (χ2v) is 4.69. The summed E-state index contributed by atoms with van der Waals surface area (Å²) in [5, 5.41) is 6.42. The van der Waals surface area contributed by atoms with Gasteiger partial charge in [-0.25, -0.2) is 0 Å². The largest absolute Gasteiger partial charge is 1.00 e. The number of amides is 1. The Kier molecular flexibility index (Phi) is 4.31. The first-order chi connectivity index (χ1) is 7.80. The van der Waals surface area contributed by atoms with Gasteiger partial charge in [-0.05, 0) is 18.5 Å². The van der Waals surface area contributed by atoms with Crippen LogP contribution in [0.3, 0.4) is 0 Å². The summed E-state index contributed by atoms with van der Waals surface area (Å²) in [6, 6.07) is 8.66. The molecule has 1 aliphatic carbocycles. The second-order valence-electron chi connectivity index (χ2n) is 4.69. The topological polar surface area (TPSA) is 41.1 Å². The Morgan fingerprint density at radius 1 is 1.18 bits per heavy atom. The maximum absolute atomic E-state index is 12.2. The van der Waals surface area contributed by atoms with Crippen molar-refractivity contribution in [2.75, 3.05) is 10.6 Å². The number of benzene rings is 1. The molecule has 1 fully saturated rings. The monoisotopic (exact) mass is 254 g/mol. The predicted octanol–water partition coefficient (Wildman–Crippen LogP) is -0.442. The first-order valence-corrected chi connectivity index (χ1v) is 5.90. The van der Waals surface area contributed by atoms with Crippen LogP contribution in [0.2, 0.25) is 0 Å². The molecule has 1 heterocycles. The molecule has 1 saturated carbocycles. The van der Waals surface area contributed by atoms with Gasteiger partial charge in [-0.2, -0.15) is 18.2 Å². The van der Waals surface area contributed by atoms with Crippen molar-refractivity contribution in [2.24, 2.45) is 0 Å². The van der Waals surface area contributed by atoms with E-state index in [4.69, 9.17) is 0 Å². The van der Waals surface area contributed by atoms with Crippen LogP contribution in [-0.2, 0) is 4.79 Å². The summed E-state index contributed by atoms with van der Waals surface area (Å²) in [5.41, 5.74) is 1.52. The predicted molar refractivity (Wildman–Crippen MR) is 63.3 cm³/mol. The molecule has 1 spiro atoms. The fraction of sp³-hybridized carbons (Fsp3) is 0.462. The zero-order chi connectivity index (χ0) is 11.0. The first-order valence-electron chi connectivity index (χ1n) is 5.90. The Morgan fingerprint density at radius 2 is 1.94 bits per heavy atom. The van der Waals surface area contributed by atoms with Crippen molar-refractivity contribution in [3.05, 3.63) is 24.3 Å². The molecule has 1 aromatic rings. The zero-order valence-corrected chi connectivity index (χ0v) is 13.3. The normalized spacial score (nSPS) is 20.8. The van der Waals surface area contributed by atoms with Gasteiger partial charge in [-0.1, -0.05) is 24.9 Å². The van der Waals surface area contributed by atoms with Crippen molar-refractivity contribution in [3.8, 4) is 0 Å². The number of hydrogen-bond donors (Lipinski definition) is 2. The molecule has 3 nitrogen and oxygen atoms in total. The van der Waals surface area contributed by atoms with Crippen LogP contribution >= 0.6 is 0 Å². The van der Waals surface area contributed by atoms with E-state index in [2.05, 4.69) is 16.7 Å². The van der Waals surface area contributed by atoms with Gasteiger partial charge in [0.15, 0.2) is 0 Å². The summed E-state index contributed by atoms with van der Waals surface area (Å²) < 4.78 is 0. The van der Waals surface area contributed by atoms with E-state index in [1.54, 1.807) is 0 Å². The van der Waals surface area contributed by atoms with Gasteiger partial charge in [0.1, 0.15) is 5.54 Å². The number of carbonyl (C=O) groups excluding carboxylic acids is 1. The summed E-state index contributed by atoms with van der Waals surface area (Å²) in [6.07, 6.45) is 5.38. The Bertz CT molecular complexity index is 427. The molecule has 0 saturated heterocycles. The third-order valence-corrected chi connectivity index (χ3v) is 3.63. The van der Waals surface area contributed by atoms with E-state index >= 15 is 0 Å². The van der Waals surface area contributed by atoms with Gasteiger partial charge in [0.05, 0.1) is 0 Å². The number of nitrogens with one attached hydrogen (secondary N) is 2. The van der Waals surface area contributed by atoms with Crippen molar-refractivity contribution in [3.63, 3.8) is 0 Å². The average molecular weight is 254 g/mol. The first kappa shape index (κ1) is 13.6. The van der Waals surface area contributed by atoms with Gasteiger partial charge in [0, 0.05) is 0 Å². The zero-order valence-electron chi connectivity index (χ0n) is 10.2. The molecule has 2 aliphatic rings. The molecule has 0 aromatic heterocycles. The third kappa shape index (κ3) is 2.47. The standard InChI is InChI=1S/C13H15N2O.K/c16-12-13(8-4-1-5-9-13)15-11-7-3-2-6-10(11)14-12;/h2,6-7,15H,1,4-5,8-9H2,(H,14,16);/q-1;+1. The minimum atomic E-state index is -0.361. The van der Waals surface area contributed by atoms with E-state index in [9.17, 15) is 4.79 Å². The summed E-state index contributed by atoms with van der Waals surface area (Å²) in [6.45, 7) is 0. The number of rotatable bonds is 0. The Hall–Kier alpha value is 0.126. The molecule has 0 bridgehead atoms. The fourth-order valence-electron chi connectivity index (χ4n) is 2.71. The fourth-order valence-corrected chi connectivity index (χ4v) is 2.71. The van der Waals surface area contributed by atoms with Crippen LogP contribution in [0.15, 0.2) is 18.2 Å². The van der Waals surface area contributed by atoms with Gasteiger partial charge in [-0.3, -0.25) is 4.79 Å². The van der Waals surface area contributed by atoms with Crippen LogP contribution < -0.4 is 62.0 Å². The number of anilines is 2. The molecule has 84 valence electrons. The van der Waals surface area contributed by atoms with E-state index in [0.29, 0.717) is 0 Å². The molecule has 1 aromatic carbocycles. The number of fused-ring (bicyclic) bond motifs is 1. The van der Waals surface area contributed by atoms with Gasteiger partial charge in [0.2, 0.25) is 5.91 Å². The van der Waals surface area contributed by atoms with E-state index in [1.807, 2.05) is 18.2 Å². The Morgan fingerprint density at radius 3 is 2.71 bits per heavy atom. The SMILES string of the molecule is O=C1Nc2cc[c-]cc2NC12CCCCC2.[K+]. The molecular formula is C13H15KN2O. The van der Waals surface area contributed by atoms with E-state index < -0.39 is 0 Å². The molecule has 2 N–H and O–H groups in total. The minimum absolute atomic E-state index is 0. The summed E-state index contributed by atoms with van der Waals surface area (Å²) in [4.78, 5) is 12.2. The Balaban J connectivity index is 0.00000108. The van der Waals surface area contributed by atoms with E-state index in [0.717, 1.165) is 37.1 Å². The van der Waals surface area contributed by atoms with Crippen LogP contribution in [-0.4, -0.2) is 11.4 Å². The summed E-state index contributed by atoms with van der Waals surface area (Å²) in [7, 11) is 0. The molecule has 17 heavy (non-hydrogen) atoms. The van der Waals surface area contributed by atoms with Crippen LogP contribution in [0.4, 0.5) is 11.4 Å². The van der Waals surface area contributed by atoms with Crippen LogP contribution in [0.25, 0.3) is 0 Å².